The average Bonchev–Trinajstić information content (AvgIpc) is 3.44. The molecule has 0 radical (unpaired) electrons. The molecule has 2 atom stereocenters. The summed E-state index contributed by atoms with van der Waals surface area (Å²) in [6.07, 6.45) is -1.18. The van der Waals surface area contributed by atoms with Gasteiger partial charge in [-0.1, -0.05) is 0 Å². The molecule has 2 unspecified atom stereocenters. The molecule has 8 nitrogen and oxygen atoms in total. The molecule has 3 aromatic rings. The molecule has 1 aromatic carbocycles. The number of benzene rings is 1. The number of halogens is 3. The largest absolute Gasteiger partial charge is 0.444 e. The lowest BCUT2D eigenvalue weighted by atomic mass is 9.90. The molecule has 2 aliphatic rings. The Morgan fingerprint density at radius 1 is 1.16 bits per heavy atom. The first kappa shape index (κ1) is 26.7. The number of anilines is 1. The van der Waals surface area contributed by atoms with Crippen LogP contribution < -0.4 is 4.90 Å². The van der Waals surface area contributed by atoms with Gasteiger partial charge in [0.2, 0.25) is 0 Å². The minimum Gasteiger partial charge on any atom is -0.444 e. The number of piperidine rings is 1. The Bertz CT molecular complexity index is 1330. The van der Waals surface area contributed by atoms with Crippen molar-refractivity contribution < 1.29 is 32.2 Å². The number of hydrogen-bond donors (Lipinski definition) is 1. The molecular weight excluding hydrogens is 521 g/mol. The van der Waals surface area contributed by atoms with Gasteiger partial charge in [0, 0.05) is 24.7 Å². The fourth-order valence-electron chi connectivity index (χ4n) is 5.37. The van der Waals surface area contributed by atoms with E-state index in [9.17, 15) is 23.1 Å². The average molecular weight is 553 g/mol. The molecule has 2 aromatic heterocycles. The van der Waals surface area contributed by atoms with Gasteiger partial charge < -0.3 is 19.2 Å². The number of carbonyl (C=O) groups is 1. The van der Waals surface area contributed by atoms with E-state index in [1.807, 2.05) is 25.7 Å². The van der Waals surface area contributed by atoms with Crippen molar-refractivity contribution in [3.63, 3.8) is 0 Å². The number of amides is 1. The van der Waals surface area contributed by atoms with Crippen molar-refractivity contribution in [3.8, 4) is 10.6 Å². The Hall–Kier alpha value is -2.86. The van der Waals surface area contributed by atoms with E-state index < -0.39 is 22.9 Å². The highest BCUT2D eigenvalue weighted by Crippen LogP contribution is 2.46. The van der Waals surface area contributed by atoms with Crippen molar-refractivity contribution in [1.82, 2.24) is 14.9 Å². The summed E-state index contributed by atoms with van der Waals surface area (Å²) in [5.41, 5.74) is -3.81. The number of piperazine rings is 1. The van der Waals surface area contributed by atoms with Crippen LogP contribution in [0.25, 0.3) is 21.7 Å². The fraction of sp³-hybridized carbons (Fsp3) is 0.577. The fourth-order valence-corrected chi connectivity index (χ4v) is 6.02. The lowest BCUT2D eigenvalue weighted by molar-refractivity contribution is -0.139. The summed E-state index contributed by atoms with van der Waals surface area (Å²) in [7, 11) is 0. The molecule has 0 saturated carbocycles. The summed E-state index contributed by atoms with van der Waals surface area (Å²) in [5.74, 6) is 0. The number of aliphatic hydroxyl groups is 1. The number of hydrogen-bond acceptors (Lipinski definition) is 8. The summed E-state index contributed by atoms with van der Waals surface area (Å²) in [5, 5.41) is 12.9. The van der Waals surface area contributed by atoms with E-state index >= 15 is 0 Å². The third kappa shape index (κ3) is 4.95. The molecule has 12 heteroatoms. The molecule has 2 fully saturated rings. The van der Waals surface area contributed by atoms with Crippen LogP contribution in [0.3, 0.4) is 0 Å². The van der Waals surface area contributed by atoms with Crippen LogP contribution >= 0.6 is 11.3 Å². The van der Waals surface area contributed by atoms with Crippen molar-refractivity contribution in [2.75, 3.05) is 18.0 Å². The molecule has 5 rings (SSSR count). The van der Waals surface area contributed by atoms with Gasteiger partial charge in [0.15, 0.2) is 5.58 Å². The van der Waals surface area contributed by atoms with Crippen LogP contribution in [-0.2, 0) is 16.5 Å². The van der Waals surface area contributed by atoms with Gasteiger partial charge in [0.25, 0.3) is 6.01 Å². The normalized spacial score (nSPS) is 20.8. The topological polar surface area (TPSA) is 91.9 Å². The zero-order valence-corrected chi connectivity index (χ0v) is 22.7. The molecule has 0 spiro atoms. The van der Waals surface area contributed by atoms with E-state index in [-0.39, 0.29) is 40.9 Å². The molecule has 1 amide bonds. The third-order valence-electron chi connectivity index (χ3n) is 6.86. The summed E-state index contributed by atoms with van der Waals surface area (Å²) in [6.45, 7) is 8.78. The van der Waals surface area contributed by atoms with Gasteiger partial charge in [-0.25, -0.2) is 9.78 Å². The SMILES string of the molecule is CC(C)(C)OC(=O)N1C2CCCC1CN(c1nc3c(C(F)(F)F)c(C(C)(C)O)cc(-c4nccs4)c3o1)C2. The number of aromatic nitrogens is 2. The second-order valence-corrected chi connectivity index (χ2v) is 12.3. The van der Waals surface area contributed by atoms with Gasteiger partial charge >= 0.3 is 12.3 Å². The maximum absolute atomic E-state index is 14.4. The van der Waals surface area contributed by atoms with E-state index in [0.717, 1.165) is 19.3 Å². The van der Waals surface area contributed by atoms with E-state index in [4.69, 9.17) is 9.15 Å². The third-order valence-corrected chi connectivity index (χ3v) is 7.67. The van der Waals surface area contributed by atoms with Crippen molar-refractivity contribution in [2.24, 2.45) is 0 Å². The van der Waals surface area contributed by atoms with Crippen LogP contribution in [0, 0.1) is 0 Å². The highest BCUT2D eigenvalue weighted by atomic mass is 32.1. The second-order valence-electron chi connectivity index (χ2n) is 11.4. The van der Waals surface area contributed by atoms with Crippen LogP contribution in [0.5, 0.6) is 0 Å². The van der Waals surface area contributed by atoms with E-state index in [1.54, 1.807) is 16.5 Å². The number of carbonyl (C=O) groups excluding carboxylic acids is 1. The molecule has 4 heterocycles. The number of nitrogens with zero attached hydrogens (tertiary/aromatic N) is 4. The lowest BCUT2D eigenvalue weighted by Crippen LogP contribution is -2.63. The van der Waals surface area contributed by atoms with Gasteiger partial charge in [-0.15, -0.1) is 11.3 Å². The van der Waals surface area contributed by atoms with Crippen molar-refractivity contribution in [1.29, 1.82) is 0 Å². The molecule has 38 heavy (non-hydrogen) atoms. The first-order valence-corrected chi connectivity index (χ1v) is 13.4. The zero-order chi connectivity index (χ0) is 27.6. The number of fused-ring (bicyclic) bond motifs is 3. The maximum Gasteiger partial charge on any atom is 0.419 e. The maximum atomic E-state index is 14.4. The quantitative estimate of drug-likeness (QED) is 0.415. The smallest absolute Gasteiger partial charge is 0.419 e. The van der Waals surface area contributed by atoms with Gasteiger partial charge in [-0.05, 0) is 65.5 Å². The highest BCUT2D eigenvalue weighted by Gasteiger charge is 2.45. The van der Waals surface area contributed by atoms with Crippen molar-refractivity contribution in [2.45, 2.75) is 83.3 Å². The Morgan fingerprint density at radius 3 is 2.34 bits per heavy atom. The Morgan fingerprint density at radius 2 is 1.82 bits per heavy atom. The number of thiazole rings is 1. The summed E-state index contributed by atoms with van der Waals surface area (Å²) >= 11 is 1.26. The molecule has 206 valence electrons. The Labute approximate surface area is 222 Å². The first-order chi connectivity index (χ1) is 17.6. The van der Waals surface area contributed by atoms with Crippen LogP contribution in [-0.4, -0.2) is 56.8 Å². The molecule has 0 aliphatic carbocycles. The lowest BCUT2D eigenvalue weighted by Gasteiger charge is -2.49. The summed E-state index contributed by atoms with van der Waals surface area (Å²) in [4.78, 5) is 25.2. The molecular formula is C26H31F3N4O4S. The Kier molecular flexibility index (Phi) is 6.41. The van der Waals surface area contributed by atoms with Gasteiger partial charge in [0.05, 0.1) is 28.8 Å². The number of alkyl halides is 3. The number of ether oxygens (including phenoxy) is 1. The Balaban J connectivity index is 1.60. The van der Waals surface area contributed by atoms with Gasteiger partial charge in [-0.3, -0.25) is 4.90 Å². The molecule has 2 aliphatic heterocycles. The summed E-state index contributed by atoms with van der Waals surface area (Å²) in [6, 6.07) is 0.991. The van der Waals surface area contributed by atoms with Crippen LogP contribution in [0.1, 0.15) is 65.0 Å². The van der Waals surface area contributed by atoms with Crippen LogP contribution in [0.2, 0.25) is 0 Å². The van der Waals surface area contributed by atoms with Crippen molar-refractivity contribution >= 4 is 34.5 Å². The number of rotatable bonds is 3. The minimum atomic E-state index is -4.78. The van der Waals surface area contributed by atoms with Crippen LogP contribution in [0.4, 0.5) is 24.0 Å². The van der Waals surface area contributed by atoms with E-state index in [2.05, 4.69) is 9.97 Å². The zero-order valence-electron chi connectivity index (χ0n) is 21.9. The monoisotopic (exact) mass is 552 g/mol. The van der Waals surface area contributed by atoms with E-state index in [1.165, 1.54) is 31.3 Å². The van der Waals surface area contributed by atoms with Gasteiger partial charge in [-0.2, -0.15) is 18.2 Å². The van der Waals surface area contributed by atoms with Gasteiger partial charge in [0.1, 0.15) is 16.1 Å². The second kappa shape index (κ2) is 9.11. The predicted octanol–water partition coefficient (Wildman–Crippen LogP) is 6.18. The molecule has 2 bridgehead atoms. The minimum absolute atomic E-state index is 0.0324. The van der Waals surface area contributed by atoms with Crippen LogP contribution in [0.15, 0.2) is 22.1 Å². The first-order valence-electron chi connectivity index (χ1n) is 12.6. The number of oxazole rings is 1. The summed E-state index contributed by atoms with van der Waals surface area (Å²) < 4.78 is 55.0. The molecule has 1 N–H and O–H groups in total. The van der Waals surface area contributed by atoms with Crippen molar-refractivity contribution in [3.05, 3.63) is 28.8 Å². The van der Waals surface area contributed by atoms with E-state index in [0.29, 0.717) is 23.7 Å². The molecule has 2 saturated heterocycles. The standard InChI is InChI=1S/C26H31F3N4O4S/c1-24(2,3)37-23(34)33-14-7-6-8-15(33)13-32(12-14)22-31-19-18(26(27,28)29)17(25(4,5)35)11-16(20(19)36-22)21-30-9-10-38-21/h9-11,14-15,35H,6-8,12-13H2,1-5H3. The predicted molar refractivity (Wildman–Crippen MR) is 137 cm³/mol. The highest BCUT2D eigenvalue weighted by molar-refractivity contribution is 7.13.